The van der Waals surface area contributed by atoms with Gasteiger partial charge in [-0.15, -0.1) is 0 Å². The van der Waals surface area contributed by atoms with Gasteiger partial charge in [0, 0.05) is 32.3 Å². The minimum atomic E-state index is -0.410. The summed E-state index contributed by atoms with van der Waals surface area (Å²) < 4.78 is 10.2. The summed E-state index contributed by atoms with van der Waals surface area (Å²) in [4.78, 5) is 38.9. The third-order valence-electron chi connectivity index (χ3n) is 4.80. The Labute approximate surface area is 193 Å². The Balaban J connectivity index is 2.03. The van der Waals surface area contributed by atoms with Crippen LogP contribution in [0.15, 0.2) is 55.7 Å². The fourth-order valence-electron chi connectivity index (χ4n) is 3.34. The van der Waals surface area contributed by atoms with Gasteiger partial charge in [0.05, 0.1) is 6.04 Å². The summed E-state index contributed by atoms with van der Waals surface area (Å²) in [5.74, 6) is 0. The molecule has 1 aliphatic heterocycles. The van der Waals surface area contributed by atoms with Gasteiger partial charge in [0.1, 0.15) is 13.2 Å². The Morgan fingerprint density at radius 3 is 2.44 bits per heavy atom. The monoisotopic (exact) mass is 458 g/mol. The largest absolute Gasteiger partial charge is 0.445 e. The highest BCUT2D eigenvalue weighted by molar-refractivity contribution is 8.14. The topological polar surface area (TPSA) is 76.2 Å². The number of hydrogen-bond acceptors (Lipinski definition) is 6. The van der Waals surface area contributed by atoms with Crippen molar-refractivity contribution in [2.45, 2.75) is 24.6 Å². The molecule has 32 heavy (non-hydrogen) atoms. The van der Waals surface area contributed by atoms with E-state index in [-0.39, 0.29) is 29.6 Å². The number of carbonyl (C=O) groups excluding carboxylic acids is 3. The first-order valence-electron chi connectivity index (χ1n) is 10.3. The first-order chi connectivity index (χ1) is 15.3. The van der Waals surface area contributed by atoms with Crippen molar-refractivity contribution in [1.29, 1.82) is 0 Å². The van der Waals surface area contributed by atoms with E-state index in [1.807, 2.05) is 36.4 Å². The number of amides is 2. The van der Waals surface area contributed by atoms with Crippen molar-refractivity contribution in [3.05, 3.63) is 66.8 Å². The molecule has 8 heteroatoms. The summed E-state index contributed by atoms with van der Waals surface area (Å²) in [5.41, 5.74) is 1.95. The molecule has 0 aliphatic carbocycles. The fourth-order valence-corrected chi connectivity index (χ4v) is 4.32. The van der Waals surface area contributed by atoms with Crippen molar-refractivity contribution in [3.8, 4) is 0 Å². The summed E-state index contributed by atoms with van der Waals surface area (Å²) in [6.45, 7) is 9.82. The number of ether oxygens (including phenoxy) is 2. The average molecular weight is 459 g/mol. The number of benzene rings is 1. The zero-order valence-corrected chi connectivity index (χ0v) is 19.4. The minimum Gasteiger partial charge on any atom is -0.445 e. The van der Waals surface area contributed by atoms with E-state index in [9.17, 15) is 14.4 Å². The van der Waals surface area contributed by atoms with E-state index < -0.39 is 12.2 Å². The Hall–Kier alpha value is -3.00. The van der Waals surface area contributed by atoms with Crippen molar-refractivity contribution < 1.29 is 23.9 Å². The van der Waals surface area contributed by atoms with Crippen molar-refractivity contribution in [2.24, 2.45) is 0 Å². The Morgan fingerprint density at radius 2 is 1.81 bits per heavy atom. The molecule has 1 aromatic rings. The number of hydrogen-bond donors (Lipinski definition) is 0. The van der Waals surface area contributed by atoms with Gasteiger partial charge in [-0.2, -0.15) is 0 Å². The molecular weight excluding hydrogens is 428 g/mol. The van der Waals surface area contributed by atoms with Crippen molar-refractivity contribution in [1.82, 2.24) is 9.80 Å². The van der Waals surface area contributed by atoms with Gasteiger partial charge in [0.15, 0.2) is 5.12 Å². The molecule has 2 amide bonds. The van der Waals surface area contributed by atoms with Crippen LogP contribution in [-0.4, -0.2) is 65.7 Å². The van der Waals surface area contributed by atoms with E-state index in [1.165, 1.54) is 35.7 Å². The highest BCUT2D eigenvalue weighted by atomic mass is 32.2. The molecule has 1 aliphatic rings. The molecule has 1 heterocycles. The van der Waals surface area contributed by atoms with Crippen LogP contribution < -0.4 is 0 Å². The first kappa shape index (κ1) is 25.3. The van der Waals surface area contributed by atoms with E-state index in [2.05, 4.69) is 13.2 Å². The molecule has 7 nitrogen and oxygen atoms in total. The Morgan fingerprint density at radius 1 is 1.16 bits per heavy atom. The van der Waals surface area contributed by atoms with Crippen molar-refractivity contribution >= 4 is 35.1 Å². The lowest BCUT2D eigenvalue weighted by molar-refractivity contribution is -0.109. The van der Waals surface area contributed by atoms with E-state index in [4.69, 9.17) is 9.47 Å². The van der Waals surface area contributed by atoms with Gasteiger partial charge in [0.25, 0.3) is 0 Å². The van der Waals surface area contributed by atoms with Crippen LogP contribution in [-0.2, 0) is 14.3 Å². The molecule has 1 fully saturated rings. The number of rotatable bonds is 9. The highest BCUT2D eigenvalue weighted by Crippen LogP contribution is 2.38. The zero-order valence-electron chi connectivity index (χ0n) is 18.6. The van der Waals surface area contributed by atoms with Gasteiger partial charge < -0.3 is 19.3 Å². The quantitative estimate of drug-likeness (QED) is 0.501. The molecule has 0 saturated carbocycles. The third-order valence-corrected chi connectivity index (χ3v) is 5.81. The van der Waals surface area contributed by atoms with Crippen LogP contribution in [0, 0.1) is 0 Å². The third kappa shape index (κ3) is 7.60. The molecule has 1 saturated heterocycles. The lowest BCUT2D eigenvalue weighted by Gasteiger charge is -2.24. The number of carbonyl (C=O) groups is 3. The normalized spacial score (nSPS) is 17.8. The van der Waals surface area contributed by atoms with E-state index in [1.54, 1.807) is 11.9 Å². The molecule has 0 aromatic heterocycles. The number of likely N-dealkylation sites (N-methyl/N-ethyl adjacent to an activating group) is 1. The van der Waals surface area contributed by atoms with Gasteiger partial charge in [0.2, 0.25) is 0 Å². The summed E-state index contributed by atoms with van der Waals surface area (Å²) in [5, 5.41) is 0.0682. The van der Waals surface area contributed by atoms with Gasteiger partial charge in [-0.25, -0.2) is 9.59 Å². The molecule has 0 radical (unpaired) electrons. The lowest BCUT2D eigenvalue weighted by Crippen LogP contribution is -2.32. The standard InChI is InChI=1S/C24H30N2O5S/c1-5-14-30-23(28)25(4)13-7-8-19-9-11-20(12-10-19)22-16-21(32-18(3)27)17-26(22)24(29)31-15-6-2/h5-12,21-22H,1-2,13-17H2,3-4H3/t21-,22-/m1/s1. The van der Waals surface area contributed by atoms with Gasteiger partial charge in [-0.05, 0) is 17.5 Å². The van der Waals surface area contributed by atoms with Crippen LogP contribution in [0.4, 0.5) is 9.59 Å². The Kier molecular flexibility index (Phi) is 10.1. The maximum atomic E-state index is 12.5. The van der Waals surface area contributed by atoms with Gasteiger partial charge in [-0.3, -0.25) is 4.79 Å². The zero-order chi connectivity index (χ0) is 23.5. The molecule has 2 atom stereocenters. The van der Waals surface area contributed by atoms with Gasteiger partial charge >= 0.3 is 12.2 Å². The molecule has 172 valence electrons. The molecule has 0 unspecified atom stereocenters. The second-order valence-electron chi connectivity index (χ2n) is 7.32. The van der Waals surface area contributed by atoms with E-state index in [0.29, 0.717) is 19.5 Å². The Bertz CT molecular complexity index is 852. The lowest BCUT2D eigenvalue weighted by atomic mass is 10.0. The predicted octanol–water partition coefficient (Wildman–Crippen LogP) is 4.67. The van der Waals surface area contributed by atoms with Crippen LogP contribution in [0.25, 0.3) is 6.08 Å². The van der Waals surface area contributed by atoms with Crippen molar-refractivity contribution in [2.75, 3.05) is 33.4 Å². The predicted molar refractivity (Wildman–Crippen MR) is 127 cm³/mol. The second kappa shape index (κ2) is 12.8. The van der Waals surface area contributed by atoms with Crippen LogP contribution in [0.5, 0.6) is 0 Å². The first-order valence-corrected chi connectivity index (χ1v) is 11.2. The highest BCUT2D eigenvalue weighted by Gasteiger charge is 2.37. The van der Waals surface area contributed by atoms with Crippen LogP contribution >= 0.6 is 11.8 Å². The summed E-state index contributed by atoms with van der Waals surface area (Å²) in [6.07, 6.45) is 6.71. The summed E-state index contributed by atoms with van der Waals surface area (Å²) in [7, 11) is 1.66. The van der Waals surface area contributed by atoms with Crippen LogP contribution in [0.2, 0.25) is 0 Å². The van der Waals surface area contributed by atoms with E-state index in [0.717, 1.165) is 11.1 Å². The molecule has 0 bridgehead atoms. The van der Waals surface area contributed by atoms with Crippen LogP contribution in [0.3, 0.4) is 0 Å². The van der Waals surface area contributed by atoms with E-state index >= 15 is 0 Å². The van der Waals surface area contributed by atoms with Crippen molar-refractivity contribution in [3.63, 3.8) is 0 Å². The summed E-state index contributed by atoms with van der Waals surface area (Å²) >= 11 is 1.26. The second-order valence-corrected chi connectivity index (χ2v) is 8.79. The molecule has 2 rings (SSSR count). The number of likely N-dealkylation sites (tertiary alicyclic amines) is 1. The molecule has 0 N–H and O–H groups in total. The number of nitrogens with zero attached hydrogens (tertiary/aromatic N) is 2. The average Bonchev–Trinajstić information content (AvgIpc) is 3.19. The fraction of sp³-hybridized carbons (Fsp3) is 0.375. The molecule has 1 aromatic carbocycles. The molecule has 0 spiro atoms. The SMILES string of the molecule is C=CCOC(=O)N(C)CC=Cc1ccc([C@H]2C[C@@H](SC(C)=O)CN2C(=O)OCC=C)cc1. The number of thioether (sulfide) groups is 1. The molecular formula is C24H30N2O5S. The van der Waals surface area contributed by atoms with Crippen LogP contribution in [0.1, 0.15) is 30.5 Å². The smallest absolute Gasteiger partial charge is 0.410 e. The summed E-state index contributed by atoms with van der Waals surface area (Å²) in [6, 6.07) is 7.70. The maximum Gasteiger partial charge on any atom is 0.410 e. The maximum absolute atomic E-state index is 12.5. The van der Waals surface area contributed by atoms with Gasteiger partial charge in [-0.1, -0.05) is 73.5 Å². The minimum absolute atomic E-state index is 0.0322.